The molecular formula is C2H10Cl2Mg2O2. The number of aliphatic carboxylic acids is 1. The normalized spacial score (nSPS) is 3.12. The van der Waals surface area contributed by atoms with Gasteiger partial charge in [-0.05, 0) is 0 Å². The minimum absolute atomic E-state index is 0. The Morgan fingerprint density at radius 2 is 1.25 bits per heavy atom. The van der Waals surface area contributed by atoms with Crippen LogP contribution >= 0.6 is 24.8 Å². The van der Waals surface area contributed by atoms with Gasteiger partial charge in [-0.2, -0.15) is 0 Å². The zero-order valence-electron chi connectivity index (χ0n) is 3.17. The third-order valence-corrected chi connectivity index (χ3v) is 0. The van der Waals surface area contributed by atoms with Gasteiger partial charge in [0.05, 0.1) is 0 Å². The molecule has 48 valence electrons. The lowest BCUT2D eigenvalue weighted by Crippen LogP contribution is -1.78. The average molecular weight is 186 g/mol. The lowest BCUT2D eigenvalue weighted by atomic mass is 10.9. The van der Waals surface area contributed by atoms with Crippen LogP contribution in [0.25, 0.3) is 0 Å². The molecule has 0 aliphatic carbocycles. The van der Waals surface area contributed by atoms with Crippen LogP contribution in [0.3, 0.4) is 0 Å². The summed E-state index contributed by atoms with van der Waals surface area (Å²) in [5.41, 5.74) is 0. The summed E-state index contributed by atoms with van der Waals surface area (Å²) in [4.78, 5) is 9.00. The summed E-state index contributed by atoms with van der Waals surface area (Å²) < 4.78 is 0. The molecule has 1 N–H and O–H groups in total. The van der Waals surface area contributed by atoms with E-state index in [1.165, 1.54) is 0 Å². The maximum Gasteiger partial charge on any atom is 0.316 e. The molecule has 2 nitrogen and oxygen atoms in total. The van der Waals surface area contributed by atoms with Crippen LogP contribution in [0, 0.1) is 0 Å². The van der Waals surface area contributed by atoms with Gasteiger partial charge in [0, 0.05) is 6.92 Å². The largest absolute Gasteiger partial charge is 0.481 e. The van der Waals surface area contributed by atoms with Crippen LogP contribution in [0.1, 0.15) is 6.92 Å². The number of hydrogen-bond acceptors (Lipinski definition) is 1. The van der Waals surface area contributed by atoms with Crippen LogP contribution in [0.2, 0.25) is 0 Å². The number of carbonyl (C=O) groups is 1. The van der Waals surface area contributed by atoms with E-state index < -0.39 is 5.97 Å². The van der Waals surface area contributed by atoms with Gasteiger partial charge in [-0.15, -0.1) is 24.8 Å². The Hall–Kier alpha value is 1.58. The second-order valence-corrected chi connectivity index (χ2v) is 0.519. The molecule has 0 radical (unpaired) electrons. The molecule has 0 spiro atoms. The first-order valence-corrected chi connectivity index (χ1v) is 0.928. The van der Waals surface area contributed by atoms with E-state index in [1.54, 1.807) is 0 Å². The Bertz CT molecular complexity index is 39.0. The van der Waals surface area contributed by atoms with Crippen molar-refractivity contribution in [3.8, 4) is 0 Å². The molecule has 0 aromatic rings. The smallest absolute Gasteiger partial charge is 0.316 e. The maximum absolute atomic E-state index is 9.00. The van der Waals surface area contributed by atoms with Gasteiger partial charge in [-0.1, -0.05) is 0 Å². The highest BCUT2D eigenvalue weighted by Gasteiger charge is 1.65. The van der Waals surface area contributed by atoms with Crippen LogP contribution in [0.15, 0.2) is 0 Å². The summed E-state index contributed by atoms with van der Waals surface area (Å²) in [5.74, 6) is -0.833. The van der Waals surface area contributed by atoms with Gasteiger partial charge in [0.15, 0.2) is 0 Å². The Morgan fingerprint density at radius 1 is 1.25 bits per heavy atom. The summed E-state index contributed by atoms with van der Waals surface area (Å²) in [5, 5.41) is 7.42. The quantitative estimate of drug-likeness (QED) is 0.497. The fourth-order valence-electron chi connectivity index (χ4n) is 0. The summed E-state index contributed by atoms with van der Waals surface area (Å²) in [7, 11) is 0. The molecule has 0 aromatic carbocycles. The van der Waals surface area contributed by atoms with E-state index >= 15 is 0 Å². The van der Waals surface area contributed by atoms with Gasteiger partial charge in [0.1, 0.15) is 0 Å². The van der Waals surface area contributed by atoms with Crippen molar-refractivity contribution in [1.82, 2.24) is 0 Å². The first-order chi connectivity index (χ1) is 1.73. The highest BCUT2D eigenvalue weighted by atomic mass is 35.5. The predicted octanol–water partition coefficient (Wildman–Crippen LogP) is -0.898. The summed E-state index contributed by atoms with van der Waals surface area (Å²) in [6.45, 7) is 1.08. The molecule has 0 atom stereocenters. The van der Waals surface area contributed by atoms with Crippen molar-refractivity contribution in [2.75, 3.05) is 0 Å². The van der Waals surface area contributed by atoms with E-state index in [4.69, 9.17) is 9.90 Å². The van der Waals surface area contributed by atoms with Crippen molar-refractivity contribution >= 4 is 76.9 Å². The highest BCUT2D eigenvalue weighted by molar-refractivity contribution is 5.85. The molecule has 0 unspecified atom stereocenters. The van der Waals surface area contributed by atoms with E-state index in [9.17, 15) is 0 Å². The molecular weight excluding hydrogens is 176 g/mol. The van der Waals surface area contributed by atoms with E-state index in [-0.39, 0.29) is 70.9 Å². The van der Waals surface area contributed by atoms with Crippen molar-refractivity contribution < 1.29 is 9.90 Å². The summed E-state index contributed by atoms with van der Waals surface area (Å²) in [6.07, 6.45) is 0. The lowest BCUT2D eigenvalue weighted by molar-refractivity contribution is -0.134. The van der Waals surface area contributed by atoms with Gasteiger partial charge in [-0.3, -0.25) is 4.79 Å². The van der Waals surface area contributed by atoms with Crippen molar-refractivity contribution in [3.63, 3.8) is 0 Å². The molecule has 0 fully saturated rings. The molecule has 0 rings (SSSR count). The Labute approximate surface area is 92.9 Å². The number of hydrogen-bond donors (Lipinski definition) is 1. The molecule has 8 heavy (non-hydrogen) atoms. The third-order valence-electron chi connectivity index (χ3n) is 0. The standard InChI is InChI=1S/C2H4O2.2ClH.2Mg.4H/c1-2(3)4;;;;;;;;/h1H3,(H,3,4);2*1H;;;;;;. The Morgan fingerprint density at radius 3 is 1.25 bits per heavy atom. The molecule has 0 aliphatic rings. The number of carboxylic acid groups (broad SMARTS) is 1. The molecule has 0 aromatic heterocycles. The van der Waals surface area contributed by atoms with Gasteiger partial charge in [-0.25, -0.2) is 0 Å². The highest BCUT2D eigenvalue weighted by Crippen LogP contribution is 1.42. The van der Waals surface area contributed by atoms with E-state index in [1.807, 2.05) is 0 Å². The first-order valence-electron chi connectivity index (χ1n) is 0.928. The monoisotopic (exact) mass is 184 g/mol. The first kappa shape index (κ1) is 33.6. The fraction of sp³-hybridized carbons (Fsp3) is 0.500. The second-order valence-electron chi connectivity index (χ2n) is 0.519. The zero-order chi connectivity index (χ0) is 3.58. The van der Waals surface area contributed by atoms with Gasteiger partial charge < -0.3 is 5.11 Å². The van der Waals surface area contributed by atoms with E-state index in [0.29, 0.717) is 0 Å². The van der Waals surface area contributed by atoms with E-state index in [0.717, 1.165) is 6.92 Å². The molecule has 0 aliphatic heterocycles. The average Bonchev–Trinajstić information content (AvgIpc) is 0.811. The zero-order valence-corrected chi connectivity index (χ0v) is 4.80. The van der Waals surface area contributed by atoms with E-state index in [2.05, 4.69) is 0 Å². The molecule has 0 saturated heterocycles. The van der Waals surface area contributed by atoms with Crippen LogP contribution < -0.4 is 0 Å². The summed E-state index contributed by atoms with van der Waals surface area (Å²) in [6, 6.07) is 0. The van der Waals surface area contributed by atoms with Crippen molar-refractivity contribution in [1.29, 1.82) is 0 Å². The lowest BCUT2D eigenvalue weighted by Gasteiger charge is -1.59. The Kier molecular flexibility index (Phi) is 98.7. The van der Waals surface area contributed by atoms with Crippen LogP contribution in [-0.2, 0) is 4.79 Å². The topological polar surface area (TPSA) is 37.3 Å². The molecule has 0 bridgehead atoms. The van der Waals surface area contributed by atoms with Crippen molar-refractivity contribution in [3.05, 3.63) is 0 Å². The minimum atomic E-state index is -0.833. The molecule has 0 saturated carbocycles. The van der Waals surface area contributed by atoms with Crippen LogP contribution in [-0.4, -0.2) is 57.2 Å². The van der Waals surface area contributed by atoms with Crippen molar-refractivity contribution in [2.45, 2.75) is 6.92 Å². The number of carboxylic acids is 1. The van der Waals surface area contributed by atoms with Crippen molar-refractivity contribution in [2.24, 2.45) is 0 Å². The Balaban J connectivity index is -0.00000000750. The third kappa shape index (κ3) is 131. The number of rotatable bonds is 0. The van der Waals surface area contributed by atoms with Crippen LogP contribution in [0.4, 0.5) is 0 Å². The number of halogens is 2. The minimum Gasteiger partial charge on any atom is -0.481 e. The maximum atomic E-state index is 9.00. The molecule has 6 heteroatoms. The molecule has 0 heterocycles. The van der Waals surface area contributed by atoms with Gasteiger partial charge in [0.2, 0.25) is 0 Å². The predicted molar refractivity (Wildman–Crippen MR) is 44.9 cm³/mol. The molecule has 0 amide bonds. The van der Waals surface area contributed by atoms with Gasteiger partial charge >= 0.3 is 46.1 Å². The fourth-order valence-corrected chi connectivity index (χ4v) is 0. The van der Waals surface area contributed by atoms with Crippen LogP contribution in [0.5, 0.6) is 0 Å². The SMILES string of the molecule is CC(=O)O.Cl.Cl.[MgH2].[MgH2]. The summed E-state index contributed by atoms with van der Waals surface area (Å²) >= 11 is 0. The van der Waals surface area contributed by atoms with Gasteiger partial charge in [0.25, 0.3) is 5.97 Å². The second kappa shape index (κ2) is 23.5.